The molecule has 1 saturated heterocycles. The second-order valence-electron chi connectivity index (χ2n) is 4.87. The van der Waals surface area contributed by atoms with Gasteiger partial charge in [0.05, 0.1) is 6.04 Å². The quantitative estimate of drug-likeness (QED) is 0.712. The third kappa shape index (κ3) is 1.30. The lowest BCUT2D eigenvalue weighted by Gasteiger charge is -2.23. The highest BCUT2D eigenvalue weighted by atomic mass is 16.6. The highest BCUT2D eigenvalue weighted by Crippen LogP contribution is 2.32. The fraction of sp³-hybridized carbons (Fsp3) is 0.308. The summed E-state index contributed by atoms with van der Waals surface area (Å²) >= 11 is 0. The molecule has 5 nitrogen and oxygen atoms in total. The SMILES string of the molecule is O=C(c1ccc2nonc2c1)N1CC2C=CC1C2. The number of fused-ring (bicyclic) bond motifs is 3. The predicted octanol–water partition coefficient (Wildman–Crippen LogP) is 1.62. The summed E-state index contributed by atoms with van der Waals surface area (Å²) in [6.45, 7) is 0.828. The van der Waals surface area contributed by atoms with Crippen molar-refractivity contribution in [2.45, 2.75) is 12.5 Å². The predicted molar refractivity (Wildman–Crippen MR) is 63.9 cm³/mol. The maximum atomic E-state index is 12.4. The van der Waals surface area contributed by atoms with E-state index in [0.717, 1.165) is 13.0 Å². The fourth-order valence-electron chi connectivity index (χ4n) is 2.82. The van der Waals surface area contributed by atoms with Crippen LogP contribution in [0.1, 0.15) is 16.8 Å². The van der Waals surface area contributed by atoms with Crippen LogP contribution in [-0.2, 0) is 0 Å². The van der Waals surface area contributed by atoms with Crippen molar-refractivity contribution in [2.24, 2.45) is 5.92 Å². The number of carbonyl (C=O) groups is 1. The van der Waals surface area contributed by atoms with E-state index in [1.165, 1.54) is 0 Å². The van der Waals surface area contributed by atoms with Crippen LogP contribution in [0.5, 0.6) is 0 Å². The Hall–Kier alpha value is -2.17. The van der Waals surface area contributed by atoms with Gasteiger partial charge in [-0.3, -0.25) is 4.79 Å². The summed E-state index contributed by atoms with van der Waals surface area (Å²) in [5.74, 6) is 0.605. The lowest BCUT2D eigenvalue weighted by molar-refractivity contribution is 0.0754. The topological polar surface area (TPSA) is 59.2 Å². The summed E-state index contributed by atoms with van der Waals surface area (Å²) in [6.07, 6.45) is 5.40. The zero-order valence-corrected chi connectivity index (χ0v) is 9.61. The molecule has 18 heavy (non-hydrogen) atoms. The van der Waals surface area contributed by atoms with E-state index in [1.54, 1.807) is 18.2 Å². The summed E-state index contributed by atoms with van der Waals surface area (Å²) in [7, 11) is 0. The molecule has 1 aromatic carbocycles. The number of likely N-dealkylation sites (tertiary alicyclic amines) is 1. The molecule has 4 rings (SSSR count). The van der Waals surface area contributed by atoms with Crippen LogP contribution in [0.2, 0.25) is 0 Å². The van der Waals surface area contributed by atoms with E-state index in [1.807, 2.05) is 4.90 Å². The third-order valence-electron chi connectivity index (χ3n) is 3.74. The standard InChI is InChI=1S/C13H11N3O2/c17-13(16-7-8-1-3-10(16)5-8)9-2-4-11-12(6-9)15-18-14-11/h1-4,6,8,10H,5,7H2. The Morgan fingerprint density at radius 3 is 2.94 bits per heavy atom. The molecule has 1 aliphatic heterocycles. The summed E-state index contributed by atoms with van der Waals surface area (Å²) in [4.78, 5) is 14.3. The van der Waals surface area contributed by atoms with E-state index < -0.39 is 0 Å². The average Bonchev–Trinajstić information content (AvgIpc) is 3.12. The lowest BCUT2D eigenvalue weighted by Crippen LogP contribution is -2.35. The van der Waals surface area contributed by atoms with Crippen LogP contribution in [0.3, 0.4) is 0 Å². The van der Waals surface area contributed by atoms with Crippen LogP contribution < -0.4 is 0 Å². The number of hydrogen-bond acceptors (Lipinski definition) is 4. The zero-order valence-electron chi connectivity index (χ0n) is 9.61. The lowest BCUT2D eigenvalue weighted by atomic mass is 10.1. The van der Waals surface area contributed by atoms with Gasteiger partial charge in [-0.1, -0.05) is 12.2 Å². The summed E-state index contributed by atoms with van der Waals surface area (Å²) in [5, 5.41) is 7.50. The summed E-state index contributed by atoms with van der Waals surface area (Å²) in [5.41, 5.74) is 1.95. The zero-order chi connectivity index (χ0) is 12.1. The number of amides is 1. The van der Waals surface area contributed by atoms with Crippen LogP contribution >= 0.6 is 0 Å². The number of rotatable bonds is 1. The molecule has 0 N–H and O–H groups in total. The first-order chi connectivity index (χ1) is 8.81. The second-order valence-corrected chi connectivity index (χ2v) is 4.87. The second kappa shape index (κ2) is 3.41. The van der Waals surface area contributed by atoms with Gasteiger partial charge in [-0.25, -0.2) is 4.63 Å². The van der Waals surface area contributed by atoms with Crippen LogP contribution in [0.4, 0.5) is 0 Å². The van der Waals surface area contributed by atoms with Crippen LogP contribution in [-0.4, -0.2) is 33.7 Å². The molecule has 1 fully saturated rings. The Balaban J connectivity index is 1.69. The van der Waals surface area contributed by atoms with Gasteiger partial charge >= 0.3 is 0 Å². The summed E-state index contributed by atoms with van der Waals surface area (Å²) in [6, 6.07) is 5.56. The van der Waals surface area contributed by atoms with Gasteiger partial charge in [0.2, 0.25) is 0 Å². The van der Waals surface area contributed by atoms with Crippen LogP contribution in [0.25, 0.3) is 11.0 Å². The largest absolute Gasteiger partial charge is 0.332 e. The molecule has 1 amide bonds. The molecule has 1 aliphatic carbocycles. The van der Waals surface area contributed by atoms with Crippen LogP contribution in [0.15, 0.2) is 35.0 Å². The molecule has 2 aromatic rings. The van der Waals surface area contributed by atoms with Gasteiger partial charge < -0.3 is 4.90 Å². The number of nitrogens with zero attached hydrogens (tertiary/aromatic N) is 3. The van der Waals surface area contributed by atoms with Crippen molar-refractivity contribution < 1.29 is 9.42 Å². The third-order valence-corrected chi connectivity index (χ3v) is 3.74. The first-order valence-corrected chi connectivity index (χ1v) is 6.03. The molecule has 1 aromatic heterocycles. The minimum absolute atomic E-state index is 0.0664. The molecule has 0 radical (unpaired) electrons. The van der Waals surface area contributed by atoms with Crippen molar-refractivity contribution in [3.63, 3.8) is 0 Å². The van der Waals surface area contributed by atoms with E-state index in [4.69, 9.17) is 0 Å². The Morgan fingerprint density at radius 2 is 2.17 bits per heavy atom. The van der Waals surface area contributed by atoms with Crippen molar-refractivity contribution in [1.29, 1.82) is 0 Å². The number of hydrogen-bond donors (Lipinski definition) is 0. The Kier molecular flexibility index (Phi) is 1.86. The first-order valence-electron chi connectivity index (χ1n) is 6.03. The van der Waals surface area contributed by atoms with E-state index >= 15 is 0 Å². The molecule has 2 unspecified atom stereocenters. The number of carbonyl (C=O) groups excluding carboxylic acids is 1. The minimum Gasteiger partial charge on any atom is -0.332 e. The molecule has 2 aliphatic rings. The van der Waals surface area contributed by atoms with Crippen molar-refractivity contribution in [1.82, 2.24) is 15.2 Å². The fourth-order valence-corrected chi connectivity index (χ4v) is 2.82. The van der Waals surface area contributed by atoms with E-state index in [9.17, 15) is 4.79 Å². The van der Waals surface area contributed by atoms with Crippen molar-refractivity contribution in [3.05, 3.63) is 35.9 Å². The van der Waals surface area contributed by atoms with E-state index in [-0.39, 0.29) is 11.9 Å². The molecule has 0 saturated carbocycles. The molecule has 90 valence electrons. The highest BCUT2D eigenvalue weighted by molar-refractivity contribution is 5.97. The minimum atomic E-state index is 0.0664. The molecular formula is C13H11N3O2. The molecule has 2 heterocycles. The molecular weight excluding hydrogens is 230 g/mol. The van der Waals surface area contributed by atoms with Gasteiger partial charge in [-0.2, -0.15) is 0 Å². The maximum absolute atomic E-state index is 12.4. The maximum Gasteiger partial charge on any atom is 0.254 e. The van der Waals surface area contributed by atoms with E-state index in [0.29, 0.717) is 22.5 Å². The highest BCUT2D eigenvalue weighted by Gasteiger charge is 2.36. The smallest absolute Gasteiger partial charge is 0.254 e. The first kappa shape index (κ1) is 9.82. The molecule has 2 atom stereocenters. The normalized spacial score (nSPS) is 25.2. The van der Waals surface area contributed by atoms with Crippen molar-refractivity contribution in [2.75, 3.05) is 6.54 Å². The Labute approximate surface area is 103 Å². The van der Waals surface area contributed by atoms with Crippen molar-refractivity contribution >= 4 is 16.9 Å². The van der Waals surface area contributed by atoms with Gasteiger partial charge in [0.25, 0.3) is 5.91 Å². The summed E-state index contributed by atoms with van der Waals surface area (Å²) < 4.78 is 4.64. The monoisotopic (exact) mass is 241 g/mol. The van der Waals surface area contributed by atoms with Gasteiger partial charge in [0.1, 0.15) is 11.0 Å². The Morgan fingerprint density at radius 1 is 1.28 bits per heavy atom. The van der Waals surface area contributed by atoms with Gasteiger partial charge in [0, 0.05) is 12.1 Å². The van der Waals surface area contributed by atoms with Crippen molar-refractivity contribution in [3.8, 4) is 0 Å². The number of aromatic nitrogens is 2. The van der Waals surface area contributed by atoms with E-state index in [2.05, 4.69) is 27.1 Å². The van der Waals surface area contributed by atoms with Gasteiger partial charge in [-0.05, 0) is 40.9 Å². The molecule has 0 spiro atoms. The number of benzene rings is 1. The van der Waals surface area contributed by atoms with Gasteiger partial charge in [-0.15, -0.1) is 0 Å². The molecule has 5 heteroatoms. The van der Waals surface area contributed by atoms with Gasteiger partial charge in [0.15, 0.2) is 0 Å². The molecule has 2 bridgehead atoms. The average molecular weight is 241 g/mol. The Bertz CT molecular complexity index is 661. The van der Waals surface area contributed by atoms with Crippen LogP contribution in [0, 0.1) is 5.92 Å².